The highest BCUT2D eigenvalue weighted by atomic mass is 16.5. The van der Waals surface area contributed by atoms with Crippen LogP contribution in [0.1, 0.15) is 30.5 Å². The second-order valence-corrected chi connectivity index (χ2v) is 7.43. The molecule has 3 heterocycles. The van der Waals surface area contributed by atoms with Crippen molar-refractivity contribution < 1.29 is 9.53 Å². The van der Waals surface area contributed by atoms with E-state index in [2.05, 4.69) is 24.3 Å². The van der Waals surface area contributed by atoms with Gasteiger partial charge in [-0.05, 0) is 25.2 Å². The molecule has 5 nitrogen and oxygen atoms in total. The van der Waals surface area contributed by atoms with Crippen LogP contribution in [-0.4, -0.2) is 46.9 Å². The summed E-state index contributed by atoms with van der Waals surface area (Å²) in [6.07, 6.45) is 4.57. The van der Waals surface area contributed by atoms with Crippen LogP contribution in [-0.2, 0) is 29.4 Å². The van der Waals surface area contributed by atoms with Gasteiger partial charge in [-0.25, -0.2) is 0 Å². The fourth-order valence-corrected chi connectivity index (χ4v) is 4.20. The lowest BCUT2D eigenvalue weighted by molar-refractivity contribution is -0.133. The molecule has 0 aliphatic carbocycles. The summed E-state index contributed by atoms with van der Waals surface area (Å²) >= 11 is 0. The summed E-state index contributed by atoms with van der Waals surface area (Å²) in [4.78, 5) is 14.8. The molecule has 1 fully saturated rings. The van der Waals surface area contributed by atoms with Crippen molar-refractivity contribution in [3.8, 4) is 11.3 Å². The van der Waals surface area contributed by atoms with Crippen LogP contribution in [0.25, 0.3) is 11.3 Å². The minimum Gasteiger partial charge on any atom is -0.381 e. The Morgan fingerprint density at radius 1 is 1.23 bits per heavy atom. The molecule has 2 aromatic rings. The zero-order valence-corrected chi connectivity index (χ0v) is 15.5. The first kappa shape index (κ1) is 17.3. The number of amides is 1. The van der Waals surface area contributed by atoms with E-state index in [0.717, 1.165) is 63.2 Å². The van der Waals surface area contributed by atoms with Crippen LogP contribution in [0.3, 0.4) is 0 Å². The van der Waals surface area contributed by atoms with Crippen LogP contribution in [0.2, 0.25) is 0 Å². The van der Waals surface area contributed by atoms with E-state index >= 15 is 0 Å². The van der Waals surface area contributed by atoms with Gasteiger partial charge in [-0.3, -0.25) is 9.48 Å². The fraction of sp³-hybridized carbons (Fsp3) is 0.524. The molecule has 5 heteroatoms. The van der Waals surface area contributed by atoms with Crippen LogP contribution in [0.15, 0.2) is 30.3 Å². The molecule has 1 unspecified atom stereocenters. The SMILES string of the molecule is Cn1nc(-c2ccccc2)c2c1CCN(C(=O)CC1CCCOC1)CC2. The van der Waals surface area contributed by atoms with Gasteiger partial charge in [0.25, 0.3) is 0 Å². The van der Waals surface area contributed by atoms with Crippen molar-refractivity contribution in [2.75, 3.05) is 26.3 Å². The molecule has 1 saturated heterocycles. The van der Waals surface area contributed by atoms with E-state index in [9.17, 15) is 4.79 Å². The normalized spacial score (nSPS) is 20.5. The van der Waals surface area contributed by atoms with Gasteiger partial charge >= 0.3 is 0 Å². The number of hydrogen-bond acceptors (Lipinski definition) is 3. The summed E-state index contributed by atoms with van der Waals surface area (Å²) in [7, 11) is 2.02. The topological polar surface area (TPSA) is 47.4 Å². The second-order valence-electron chi connectivity index (χ2n) is 7.43. The monoisotopic (exact) mass is 353 g/mol. The predicted molar refractivity (Wildman–Crippen MR) is 101 cm³/mol. The molecule has 0 radical (unpaired) electrons. The van der Waals surface area contributed by atoms with Crippen molar-refractivity contribution in [3.63, 3.8) is 0 Å². The zero-order chi connectivity index (χ0) is 17.9. The molecule has 0 spiro atoms. The highest BCUT2D eigenvalue weighted by Gasteiger charge is 2.26. The molecule has 4 rings (SSSR count). The molecule has 26 heavy (non-hydrogen) atoms. The molecule has 0 saturated carbocycles. The number of carbonyl (C=O) groups is 1. The Labute approximate surface area is 154 Å². The van der Waals surface area contributed by atoms with E-state index in [1.807, 2.05) is 22.7 Å². The van der Waals surface area contributed by atoms with E-state index < -0.39 is 0 Å². The largest absolute Gasteiger partial charge is 0.381 e. The van der Waals surface area contributed by atoms with Gasteiger partial charge < -0.3 is 9.64 Å². The zero-order valence-electron chi connectivity index (χ0n) is 15.5. The number of benzene rings is 1. The Morgan fingerprint density at radius 3 is 2.81 bits per heavy atom. The van der Waals surface area contributed by atoms with E-state index in [1.165, 1.54) is 11.3 Å². The summed E-state index contributed by atoms with van der Waals surface area (Å²) in [6.45, 7) is 3.15. The van der Waals surface area contributed by atoms with Gasteiger partial charge in [0.15, 0.2) is 0 Å². The number of carbonyl (C=O) groups excluding carboxylic acids is 1. The third kappa shape index (κ3) is 3.54. The average Bonchev–Trinajstić information content (AvgIpc) is 2.85. The third-order valence-corrected chi connectivity index (χ3v) is 5.64. The molecule has 2 aliphatic heterocycles. The smallest absolute Gasteiger partial charge is 0.222 e. The molecule has 1 aromatic heterocycles. The van der Waals surface area contributed by atoms with Crippen molar-refractivity contribution in [2.45, 2.75) is 32.1 Å². The van der Waals surface area contributed by atoms with E-state index in [1.54, 1.807) is 0 Å². The van der Waals surface area contributed by atoms with Crippen LogP contribution in [0.4, 0.5) is 0 Å². The first-order valence-corrected chi connectivity index (χ1v) is 9.68. The predicted octanol–water partition coefficient (Wildman–Crippen LogP) is 2.83. The van der Waals surface area contributed by atoms with Gasteiger partial charge in [0.2, 0.25) is 5.91 Å². The summed E-state index contributed by atoms with van der Waals surface area (Å²) in [5.74, 6) is 0.672. The second kappa shape index (κ2) is 7.62. The van der Waals surface area contributed by atoms with Gasteiger partial charge in [0.05, 0.1) is 5.69 Å². The third-order valence-electron chi connectivity index (χ3n) is 5.64. The lowest BCUT2D eigenvalue weighted by Crippen LogP contribution is -2.35. The molecule has 1 atom stereocenters. The summed E-state index contributed by atoms with van der Waals surface area (Å²) < 4.78 is 7.53. The molecular formula is C21H27N3O2. The highest BCUT2D eigenvalue weighted by Crippen LogP contribution is 2.28. The van der Waals surface area contributed by atoms with E-state index in [4.69, 9.17) is 9.84 Å². The van der Waals surface area contributed by atoms with Crippen molar-refractivity contribution in [1.82, 2.24) is 14.7 Å². The molecule has 0 N–H and O–H groups in total. The quantitative estimate of drug-likeness (QED) is 0.852. The first-order valence-electron chi connectivity index (χ1n) is 9.68. The minimum absolute atomic E-state index is 0.280. The van der Waals surface area contributed by atoms with Crippen molar-refractivity contribution in [2.24, 2.45) is 13.0 Å². The average molecular weight is 353 g/mol. The minimum atomic E-state index is 0.280. The summed E-state index contributed by atoms with van der Waals surface area (Å²) in [6, 6.07) is 10.4. The molecule has 138 valence electrons. The Morgan fingerprint density at radius 2 is 2.04 bits per heavy atom. The molecule has 1 amide bonds. The number of hydrogen-bond donors (Lipinski definition) is 0. The fourth-order valence-electron chi connectivity index (χ4n) is 4.20. The van der Waals surface area contributed by atoms with E-state index in [0.29, 0.717) is 12.3 Å². The standard InChI is InChI=1S/C21H27N3O2/c1-23-19-10-12-24(20(25)14-16-6-5-13-26-15-16)11-9-18(19)21(22-23)17-7-3-2-4-8-17/h2-4,7-8,16H,5-6,9-15H2,1H3. The first-order chi connectivity index (χ1) is 12.7. The van der Waals surface area contributed by atoms with Crippen LogP contribution in [0, 0.1) is 5.92 Å². The number of nitrogens with zero attached hydrogens (tertiary/aromatic N) is 3. The van der Waals surface area contributed by atoms with Crippen LogP contribution in [0.5, 0.6) is 0 Å². The lowest BCUT2D eigenvalue weighted by Gasteiger charge is -2.26. The maximum atomic E-state index is 12.8. The van der Waals surface area contributed by atoms with E-state index in [-0.39, 0.29) is 5.91 Å². The van der Waals surface area contributed by atoms with Crippen molar-refractivity contribution in [1.29, 1.82) is 0 Å². The maximum absolute atomic E-state index is 12.8. The Bertz CT molecular complexity index is 763. The Balaban J connectivity index is 1.48. The van der Waals surface area contributed by atoms with Gasteiger partial charge in [-0.15, -0.1) is 0 Å². The molecular weight excluding hydrogens is 326 g/mol. The van der Waals surface area contributed by atoms with Crippen LogP contribution < -0.4 is 0 Å². The van der Waals surface area contributed by atoms with Crippen molar-refractivity contribution in [3.05, 3.63) is 41.6 Å². The number of aryl methyl sites for hydroxylation is 1. The molecule has 1 aromatic carbocycles. The summed E-state index contributed by atoms with van der Waals surface area (Å²) in [5.41, 5.74) is 4.79. The number of rotatable bonds is 3. The Hall–Kier alpha value is -2.14. The highest BCUT2D eigenvalue weighted by molar-refractivity contribution is 5.77. The lowest BCUT2D eigenvalue weighted by atomic mass is 9.98. The molecule has 2 aliphatic rings. The number of fused-ring (bicyclic) bond motifs is 1. The number of aromatic nitrogens is 2. The number of ether oxygens (including phenoxy) is 1. The van der Waals surface area contributed by atoms with Gasteiger partial charge in [0.1, 0.15) is 0 Å². The van der Waals surface area contributed by atoms with Gasteiger partial charge in [-0.1, -0.05) is 30.3 Å². The molecule has 0 bridgehead atoms. The maximum Gasteiger partial charge on any atom is 0.222 e. The van der Waals surface area contributed by atoms with Gasteiger partial charge in [0, 0.05) is 63.0 Å². The Kier molecular flexibility index (Phi) is 5.07. The van der Waals surface area contributed by atoms with Crippen molar-refractivity contribution >= 4 is 5.91 Å². The van der Waals surface area contributed by atoms with Gasteiger partial charge in [-0.2, -0.15) is 5.10 Å². The van der Waals surface area contributed by atoms with Crippen LogP contribution >= 0.6 is 0 Å². The summed E-state index contributed by atoms with van der Waals surface area (Å²) in [5, 5.41) is 4.76.